The largest absolute Gasteiger partial charge is 0.352 e. The maximum Gasteiger partial charge on any atom is 0.251 e. The summed E-state index contributed by atoms with van der Waals surface area (Å²) in [5.74, 6) is 0.117. The predicted octanol–water partition coefficient (Wildman–Crippen LogP) is 3.98. The van der Waals surface area contributed by atoms with E-state index in [1.807, 2.05) is 0 Å². The SMILES string of the molecule is O=C(NCCc1nc2ccc(F)cc2[nH]1)c1ccc(Cl)c(Cl)c1. The number of carbonyl (C=O) groups is 1. The molecular formula is C16H12Cl2FN3O. The first-order valence-corrected chi connectivity index (χ1v) is 7.66. The minimum atomic E-state index is -0.319. The Bertz CT molecular complexity index is 879. The molecule has 0 bridgehead atoms. The molecule has 1 amide bonds. The van der Waals surface area contributed by atoms with Gasteiger partial charge < -0.3 is 10.3 Å². The molecule has 0 atom stereocenters. The van der Waals surface area contributed by atoms with Crippen molar-refractivity contribution in [3.8, 4) is 0 Å². The molecule has 0 saturated heterocycles. The van der Waals surface area contributed by atoms with Crippen molar-refractivity contribution in [1.29, 1.82) is 0 Å². The summed E-state index contributed by atoms with van der Waals surface area (Å²) in [6.07, 6.45) is 0.503. The third-order valence-electron chi connectivity index (χ3n) is 3.32. The van der Waals surface area contributed by atoms with E-state index >= 15 is 0 Å². The molecule has 3 aromatic rings. The van der Waals surface area contributed by atoms with Crippen LogP contribution in [0.4, 0.5) is 4.39 Å². The number of rotatable bonds is 4. The van der Waals surface area contributed by atoms with E-state index in [9.17, 15) is 9.18 Å². The van der Waals surface area contributed by atoms with Crippen LogP contribution in [-0.2, 0) is 6.42 Å². The van der Waals surface area contributed by atoms with Crippen molar-refractivity contribution in [2.24, 2.45) is 0 Å². The summed E-state index contributed by atoms with van der Waals surface area (Å²) in [7, 11) is 0. The van der Waals surface area contributed by atoms with Crippen LogP contribution in [0.25, 0.3) is 11.0 Å². The minimum Gasteiger partial charge on any atom is -0.352 e. The number of aromatic amines is 1. The molecule has 0 aliphatic rings. The van der Waals surface area contributed by atoms with Gasteiger partial charge in [-0.3, -0.25) is 4.79 Å². The lowest BCUT2D eigenvalue weighted by Crippen LogP contribution is -2.25. The second kappa shape index (κ2) is 6.56. The Balaban J connectivity index is 1.61. The lowest BCUT2D eigenvalue weighted by Gasteiger charge is -2.05. The maximum atomic E-state index is 13.1. The second-order valence-corrected chi connectivity index (χ2v) is 5.79. The third kappa shape index (κ3) is 3.63. The molecule has 23 heavy (non-hydrogen) atoms. The van der Waals surface area contributed by atoms with Gasteiger partial charge in [0.25, 0.3) is 5.91 Å². The van der Waals surface area contributed by atoms with Crippen LogP contribution in [0.15, 0.2) is 36.4 Å². The predicted molar refractivity (Wildman–Crippen MR) is 88.6 cm³/mol. The van der Waals surface area contributed by atoms with E-state index in [1.54, 1.807) is 18.2 Å². The first-order valence-electron chi connectivity index (χ1n) is 6.90. The highest BCUT2D eigenvalue weighted by molar-refractivity contribution is 6.42. The Hall–Kier alpha value is -2.11. The van der Waals surface area contributed by atoms with Gasteiger partial charge in [-0.2, -0.15) is 0 Å². The topological polar surface area (TPSA) is 57.8 Å². The number of H-pyrrole nitrogens is 1. The van der Waals surface area contributed by atoms with Gasteiger partial charge in [-0.15, -0.1) is 0 Å². The van der Waals surface area contributed by atoms with Crippen LogP contribution in [0, 0.1) is 5.82 Å². The number of carbonyl (C=O) groups excluding carboxylic acids is 1. The van der Waals surface area contributed by atoms with Crippen molar-refractivity contribution in [3.05, 3.63) is 63.6 Å². The quantitative estimate of drug-likeness (QED) is 0.746. The van der Waals surface area contributed by atoms with Gasteiger partial charge in [-0.05, 0) is 36.4 Å². The zero-order valence-corrected chi connectivity index (χ0v) is 13.4. The number of nitrogens with one attached hydrogen (secondary N) is 2. The van der Waals surface area contributed by atoms with Crippen LogP contribution in [0.5, 0.6) is 0 Å². The fourth-order valence-electron chi connectivity index (χ4n) is 2.19. The highest BCUT2D eigenvalue weighted by atomic mass is 35.5. The first kappa shape index (κ1) is 15.8. The fraction of sp³-hybridized carbons (Fsp3) is 0.125. The molecule has 4 nitrogen and oxygen atoms in total. The summed E-state index contributed by atoms with van der Waals surface area (Å²) in [5.41, 5.74) is 1.76. The van der Waals surface area contributed by atoms with E-state index in [-0.39, 0.29) is 11.7 Å². The van der Waals surface area contributed by atoms with Gasteiger partial charge in [0.2, 0.25) is 0 Å². The Kier molecular flexibility index (Phi) is 4.50. The molecule has 1 heterocycles. The van der Waals surface area contributed by atoms with Gasteiger partial charge >= 0.3 is 0 Å². The monoisotopic (exact) mass is 351 g/mol. The molecule has 0 aliphatic heterocycles. The van der Waals surface area contributed by atoms with E-state index in [4.69, 9.17) is 23.2 Å². The zero-order chi connectivity index (χ0) is 16.4. The molecule has 0 saturated carbocycles. The van der Waals surface area contributed by atoms with Crippen molar-refractivity contribution >= 4 is 40.1 Å². The van der Waals surface area contributed by atoms with Crippen molar-refractivity contribution in [3.63, 3.8) is 0 Å². The molecule has 2 aromatic carbocycles. The van der Waals surface area contributed by atoms with Gasteiger partial charge in [0.05, 0.1) is 21.1 Å². The van der Waals surface area contributed by atoms with Crippen LogP contribution in [0.1, 0.15) is 16.2 Å². The Morgan fingerprint density at radius 2 is 2.00 bits per heavy atom. The molecular weight excluding hydrogens is 340 g/mol. The number of aromatic nitrogens is 2. The first-order chi connectivity index (χ1) is 11.0. The van der Waals surface area contributed by atoms with Crippen LogP contribution < -0.4 is 5.32 Å². The molecule has 118 valence electrons. The minimum absolute atomic E-state index is 0.245. The molecule has 2 N–H and O–H groups in total. The summed E-state index contributed by atoms with van der Waals surface area (Å²) in [5, 5.41) is 3.51. The van der Waals surface area contributed by atoms with Gasteiger partial charge in [-0.25, -0.2) is 9.37 Å². The summed E-state index contributed by atoms with van der Waals surface area (Å²) < 4.78 is 13.1. The van der Waals surface area contributed by atoms with Crippen LogP contribution >= 0.6 is 23.2 Å². The van der Waals surface area contributed by atoms with E-state index in [1.165, 1.54) is 18.2 Å². The highest BCUT2D eigenvalue weighted by Gasteiger charge is 2.09. The van der Waals surface area contributed by atoms with E-state index in [0.29, 0.717) is 45.4 Å². The van der Waals surface area contributed by atoms with E-state index in [2.05, 4.69) is 15.3 Å². The van der Waals surface area contributed by atoms with Crippen molar-refractivity contribution in [2.45, 2.75) is 6.42 Å². The molecule has 7 heteroatoms. The van der Waals surface area contributed by atoms with Crippen molar-refractivity contribution in [2.75, 3.05) is 6.54 Å². The molecule has 0 spiro atoms. The smallest absolute Gasteiger partial charge is 0.251 e. The normalized spacial score (nSPS) is 10.9. The molecule has 3 rings (SSSR count). The van der Waals surface area contributed by atoms with E-state index < -0.39 is 0 Å². The zero-order valence-electron chi connectivity index (χ0n) is 11.9. The summed E-state index contributed by atoms with van der Waals surface area (Å²) in [6.45, 7) is 0.390. The summed E-state index contributed by atoms with van der Waals surface area (Å²) in [6, 6.07) is 9.06. The van der Waals surface area contributed by atoms with Crippen LogP contribution in [-0.4, -0.2) is 22.4 Å². The van der Waals surface area contributed by atoms with Crippen molar-refractivity contribution in [1.82, 2.24) is 15.3 Å². The van der Waals surface area contributed by atoms with E-state index in [0.717, 1.165) is 0 Å². The number of hydrogen-bond donors (Lipinski definition) is 2. The van der Waals surface area contributed by atoms with Gasteiger partial charge in [0, 0.05) is 18.5 Å². The molecule has 1 aromatic heterocycles. The van der Waals surface area contributed by atoms with Gasteiger partial charge in [0.15, 0.2) is 0 Å². The van der Waals surface area contributed by atoms with Gasteiger partial charge in [0.1, 0.15) is 11.6 Å². The average Bonchev–Trinajstić information content (AvgIpc) is 2.91. The molecule has 0 aliphatic carbocycles. The summed E-state index contributed by atoms with van der Waals surface area (Å²) >= 11 is 11.7. The number of imidazole rings is 1. The Morgan fingerprint density at radius 3 is 2.78 bits per heavy atom. The Labute approximate surface area is 141 Å². The van der Waals surface area contributed by atoms with Gasteiger partial charge in [-0.1, -0.05) is 23.2 Å². The number of amides is 1. The Morgan fingerprint density at radius 1 is 1.17 bits per heavy atom. The highest BCUT2D eigenvalue weighted by Crippen LogP contribution is 2.22. The lowest BCUT2D eigenvalue weighted by molar-refractivity contribution is 0.0954. The number of benzene rings is 2. The standard InChI is InChI=1S/C16H12Cl2FN3O/c17-11-3-1-9(7-12(11)18)16(23)20-6-5-15-21-13-4-2-10(19)8-14(13)22-15/h1-4,7-8H,5-6H2,(H,20,23)(H,21,22). The number of halogens is 3. The molecule has 0 fully saturated rings. The van der Waals surface area contributed by atoms with Crippen LogP contribution in [0.3, 0.4) is 0 Å². The second-order valence-electron chi connectivity index (χ2n) is 4.98. The average molecular weight is 352 g/mol. The summed E-state index contributed by atoms with van der Waals surface area (Å²) in [4.78, 5) is 19.4. The lowest BCUT2D eigenvalue weighted by atomic mass is 10.2. The molecule has 0 unspecified atom stereocenters. The maximum absolute atomic E-state index is 13.1. The number of nitrogens with zero attached hydrogens (tertiary/aromatic N) is 1. The fourth-order valence-corrected chi connectivity index (χ4v) is 2.49. The number of fused-ring (bicyclic) bond motifs is 1. The third-order valence-corrected chi connectivity index (χ3v) is 4.06. The van der Waals surface area contributed by atoms with Crippen LogP contribution in [0.2, 0.25) is 10.0 Å². The van der Waals surface area contributed by atoms with Crippen molar-refractivity contribution < 1.29 is 9.18 Å². The number of hydrogen-bond acceptors (Lipinski definition) is 2. The molecule has 0 radical (unpaired) electrons.